The topological polar surface area (TPSA) is 63.0 Å². The van der Waals surface area contributed by atoms with Crippen LogP contribution in [0.5, 0.6) is 0 Å². The summed E-state index contributed by atoms with van der Waals surface area (Å²) in [5.41, 5.74) is 0.853. The zero-order chi connectivity index (χ0) is 18.6. The lowest BCUT2D eigenvalue weighted by Gasteiger charge is -2.26. The third-order valence-electron chi connectivity index (χ3n) is 4.49. The summed E-state index contributed by atoms with van der Waals surface area (Å²) in [4.78, 5) is 16.3. The molecule has 0 saturated heterocycles. The number of aromatic nitrogens is 1. The number of aryl methyl sites for hydroxylation is 1. The number of carbonyl (C=O) groups excluding carboxylic acids is 1. The predicted octanol–water partition coefficient (Wildman–Crippen LogP) is 4.45. The van der Waals surface area contributed by atoms with Crippen molar-refractivity contribution >= 4 is 17.7 Å². The molecule has 0 radical (unpaired) electrons. The fraction of sp³-hybridized carbons (Fsp3) is 0.611. The Labute approximate surface area is 151 Å². The van der Waals surface area contributed by atoms with Gasteiger partial charge in [0.25, 0.3) is 6.43 Å². The standard InChI is InChI=1S/C18H22F2N2O2S/c1-4-11-6-7-14-12(8-11)15(16(19)20)13(9-21)17(22-14)25-10(3)18(23)24-5-2/h10-11,16H,4-8H2,1-3H3. The van der Waals surface area contributed by atoms with Crippen molar-refractivity contribution in [1.82, 2.24) is 4.98 Å². The summed E-state index contributed by atoms with van der Waals surface area (Å²) >= 11 is 1.01. The molecular weight excluding hydrogens is 346 g/mol. The largest absolute Gasteiger partial charge is 0.465 e. The molecule has 1 aromatic rings. The Morgan fingerprint density at radius 2 is 2.20 bits per heavy atom. The number of hydrogen-bond acceptors (Lipinski definition) is 5. The highest BCUT2D eigenvalue weighted by Gasteiger charge is 2.31. The Kier molecular flexibility index (Phi) is 6.77. The molecule has 2 atom stereocenters. The van der Waals surface area contributed by atoms with E-state index in [4.69, 9.17) is 4.74 Å². The molecule has 136 valence electrons. The molecule has 1 aromatic heterocycles. The number of rotatable bonds is 6. The van der Waals surface area contributed by atoms with Crippen LogP contribution in [0.1, 0.15) is 62.4 Å². The van der Waals surface area contributed by atoms with Crippen molar-refractivity contribution < 1.29 is 18.3 Å². The van der Waals surface area contributed by atoms with Crippen molar-refractivity contribution in [1.29, 1.82) is 5.26 Å². The molecule has 7 heteroatoms. The molecule has 1 aliphatic rings. The van der Waals surface area contributed by atoms with Gasteiger partial charge in [-0.2, -0.15) is 5.26 Å². The molecule has 0 amide bonds. The Morgan fingerprint density at radius 3 is 2.76 bits per heavy atom. The van der Waals surface area contributed by atoms with Crippen LogP contribution in [0.15, 0.2) is 5.03 Å². The Morgan fingerprint density at radius 1 is 1.48 bits per heavy atom. The van der Waals surface area contributed by atoms with Gasteiger partial charge < -0.3 is 4.74 Å². The first-order chi connectivity index (χ1) is 11.9. The highest BCUT2D eigenvalue weighted by atomic mass is 32.2. The van der Waals surface area contributed by atoms with Gasteiger partial charge in [0, 0.05) is 11.3 Å². The van der Waals surface area contributed by atoms with Crippen LogP contribution in [-0.2, 0) is 22.4 Å². The highest BCUT2D eigenvalue weighted by Crippen LogP contribution is 2.39. The van der Waals surface area contributed by atoms with Crippen molar-refractivity contribution in [2.75, 3.05) is 6.61 Å². The normalized spacial score (nSPS) is 17.7. The van der Waals surface area contributed by atoms with E-state index in [0.717, 1.165) is 24.6 Å². The summed E-state index contributed by atoms with van der Waals surface area (Å²) < 4.78 is 32.5. The summed E-state index contributed by atoms with van der Waals surface area (Å²) in [6.45, 7) is 5.61. The zero-order valence-corrected chi connectivity index (χ0v) is 15.5. The van der Waals surface area contributed by atoms with Crippen LogP contribution in [0.25, 0.3) is 0 Å². The van der Waals surface area contributed by atoms with E-state index in [1.807, 2.05) is 13.0 Å². The van der Waals surface area contributed by atoms with Gasteiger partial charge in [-0.15, -0.1) is 0 Å². The molecule has 4 nitrogen and oxygen atoms in total. The lowest BCUT2D eigenvalue weighted by Crippen LogP contribution is -2.21. The molecule has 1 aliphatic carbocycles. The van der Waals surface area contributed by atoms with E-state index in [1.165, 1.54) is 0 Å². The second kappa shape index (κ2) is 8.61. The average Bonchev–Trinajstić information content (AvgIpc) is 2.59. The number of halogens is 2. The SMILES string of the molecule is CCOC(=O)C(C)Sc1nc2c(c(C(F)F)c1C#N)CC(CC)CC2. The first-order valence-electron chi connectivity index (χ1n) is 8.49. The number of ether oxygens (including phenoxy) is 1. The minimum atomic E-state index is -2.74. The number of hydrogen-bond donors (Lipinski definition) is 0. The van der Waals surface area contributed by atoms with Gasteiger partial charge in [-0.05, 0) is 44.6 Å². The lowest BCUT2D eigenvalue weighted by molar-refractivity contribution is -0.142. The maximum Gasteiger partial charge on any atom is 0.319 e. The molecule has 0 aromatic carbocycles. The lowest BCUT2D eigenvalue weighted by atomic mass is 9.82. The van der Waals surface area contributed by atoms with Crippen LogP contribution < -0.4 is 0 Å². The number of fused-ring (bicyclic) bond motifs is 1. The molecular formula is C18H22F2N2O2S. The van der Waals surface area contributed by atoms with Crippen molar-refractivity contribution in [3.05, 3.63) is 22.4 Å². The van der Waals surface area contributed by atoms with Gasteiger partial charge >= 0.3 is 5.97 Å². The van der Waals surface area contributed by atoms with E-state index in [2.05, 4.69) is 4.98 Å². The number of nitrogens with zero attached hydrogens (tertiary/aromatic N) is 2. The van der Waals surface area contributed by atoms with Crippen molar-refractivity contribution in [3.63, 3.8) is 0 Å². The number of thioether (sulfide) groups is 1. The highest BCUT2D eigenvalue weighted by molar-refractivity contribution is 8.00. The molecule has 1 heterocycles. The van der Waals surface area contributed by atoms with Crippen LogP contribution in [0.2, 0.25) is 0 Å². The minimum absolute atomic E-state index is 0.105. The summed E-state index contributed by atoms with van der Waals surface area (Å²) in [7, 11) is 0. The van der Waals surface area contributed by atoms with E-state index in [1.54, 1.807) is 13.8 Å². The second-order valence-electron chi connectivity index (χ2n) is 6.07. The van der Waals surface area contributed by atoms with Crippen LogP contribution in [0.4, 0.5) is 8.78 Å². The third kappa shape index (κ3) is 4.30. The van der Waals surface area contributed by atoms with Gasteiger partial charge in [-0.25, -0.2) is 13.8 Å². The zero-order valence-electron chi connectivity index (χ0n) is 14.6. The quantitative estimate of drug-likeness (QED) is 0.548. The molecule has 0 N–H and O–H groups in total. The van der Waals surface area contributed by atoms with Gasteiger partial charge in [-0.3, -0.25) is 4.79 Å². The molecule has 25 heavy (non-hydrogen) atoms. The summed E-state index contributed by atoms with van der Waals surface area (Å²) in [6.07, 6.45) is 0.245. The summed E-state index contributed by atoms with van der Waals surface area (Å²) in [5, 5.41) is 9.06. The number of carbonyl (C=O) groups is 1. The molecule has 0 aliphatic heterocycles. The number of esters is 1. The second-order valence-corrected chi connectivity index (χ2v) is 7.40. The molecule has 2 unspecified atom stereocenters. The number of alkyl halides is 2. The smallest absolute Gasteiger partial charge is 0.319 e. The monoisotopic (exact) mass is 368 g/mol. The minimum Gasteiger partial charge on any atom is -0.465 e. The van der Waals surface area contributed by atoms with E-state index < -0.39 is 17.6 Å². The molecule has 0 fully saturated rings. The van der Waals surface area contributed by atoms with Gasteiger partial charge in [0.1, 0.15) is 16.3 Å². The third-order valence-corrected chi connectivity index (χ3v) is 5.55. The first kappa shape index (κ1) is 19.6. The van der Waals surface area contributed by atoms with Crippen LogP contribution in [0.3, 0.4) is 0 Å². The Balaban J connectivity index is 2.47. The number of pyridine rings is 1. The summed E-state index contributed by atoms with van der Waals surface area (Å²) in [6, 6.07) is 1.89. The van der Waals surface area contributed by atoms with Gasteiger partial charge in [0.15, 0.2) is 0 Å². The maximum atomic E-state index is 13.8. The average molecular weight is 368 g/mol. The molecule has 0 spiro atoms. The fourth-order valence-electron chi connectivity index (χ4n) is 3.09. The van der Waals surface area contributed by atoms with Gasteiger partial charge in [0.05, 0.1) is 12.2 Å². The van der Waals surface area contributed by atoms with Crippen LogP contribution in [-0.4, -0.2) is 22.8 Å². The van der Waals surface area contributed by atoms with Crippen LogP contribution in [0, 0.1) is 17.2 Å². The van der Waals surface area contributed by atoms with E-state index >= 15 is 0 Å². The van der Waals surface area contributed by atoms with E-state index in [9.17, 15) is 18.8 Å². The Hall–Kier alpha value is -1.68. The Bertz CT molecular complexity index is 689. The fourth-order valence-corrected chi connectivity index (χ4v) is 4.03. The maximum absolute atomic E-state index is 13.8. The van der Waals surface area contributed by atoms with Gasteiger partial charge in [0.2, 0.25) is 0 Å². The van der Waals surface area contributed by atoms with Crippen molar-refractivity contribution in [3.8, 4) is 6.07 Å². The van der Waals surface area contributed by atoms with Crippen LogP contribution >= 0.6 is 11.8 Å². The first-order valence-corrected chi connectivity index (χ1v) is 9.37. The molecule has 0 saturated carbocycles. The molecule has 2 rings (SSSR count). The summed E-state index contributed by atoms with van der Waals surface area (Å²) in [5.74, 6) is -0.101. The van der Waals surface area contributed by atoms with E-state index in [0.29, 0.717) is 30.0 Å². The van der Waals surface area contributed by atoms with E-state index in [-0.39, 0.29) is 22.8 Å². The number of nitriles is 1. The van der Waals surface area contributed by atoms with Gasteiger partial charge in [-0.1, -0.05) is 25.1 Å². The van der Waals surface area contributed by atoms with Crippen molar-refractivity contribution in [2.24, 2.45) is 5.92 Å². The molecule has 0 bridgehead atoms. The van der Waals surface area contributed by atoms with Crippen molar-refractivity contribution in [2.45, 2.75) is 63.2 Å². The predicted molar refractivity (Wildman–Crippen MR) is 91.7 cm³/mol.